The Bertz CT molecular complexity index is 583. The van der Waals surface area contributed by atoms with E-state index >= 15 is 0 Å². The summed E-state index contributed by atoms with van der Waals surface area (Å²) in [4.78, 5) is 8.53. The third-order valence-electron chi connectivity index (χ3n) is 3.38. The van der Waals surface area contributed by atoms with Crippen LogP contribution in [0, 0.1) is 0 Å². The molecule has 98 valence electrons. The number of fused-ring (bicyclic) bond motifs is 1. The predicted molar refractivity (Wildman–Crippen MR) is 70.9 cm³/mol. The van der Waals surface area contributed by atoms with E-state index in [0.29, 0.717) is 27.3 Å². The van der Waals surface area contributed by atoms with Crippen LogP contribution in [0.25, 0.3) is 0 Å². The zero-order chi connectivity index (χ0) is 12.8. The molecule has 0 saturated heterocycles. The predicted octanol–water partition coefficient (Wildman–Crippen LogP) is 2.49. The molecule has 1 aromatic heterocycles. The summed E-state index contributed by atoms with van der Waals surface area (Å²) in [5.74, 6) is 0.135. The monoisotopic (exact) mass is 304 g/mol. The van der Waals surface area contributed by atoms with Gasteiger partial charge in [0.15, 0.2) is 9.84 Å². The number of hydrogen-bond donors (Lipinski definition) is 0. The summed E-state index contributed by atoms with van der Waals surface area (Å²) in [6.45, 7) is 0. The smallest absolute Gasteiger partial charge is 0.223 e. The van der Waals surface area contributed by atoms with E-state index in [0.717, 1.165) is 12.8 Å². The number of aryl methyl sites for hydroxylation is 1. The van der Waals surface area contributed by atoms with E-state index in [1.807, 2.05) is 0 Å². The third-order valence-corrected chi connectivity index (χ3v) is 6.79. The number of sulfone groups is 1. The van der Waals surface area contributed by atoms with Crippen LogP contribution < -0.4 is 0 Å². The Morgan fingerprint density at radius 2 is 1.94 bits per heavy atom. The molecule has 0 N–H and O–H groups in total. The summed E-state index contributed by atoms with van der Waals surface area (Å²) in [7, 11) is -3.20. The van der Waals surface area contributed by atoms with Crippen LogP contribution in [0.15, 0.2) is 9.92 Å². The number of thioether (sulfide) groups is 1. The molecule has 1 aliphatic heterocycles. The van der Waals surface area contributed by atoms with Crippen molar-refractivity contribution in [3.8, 4) is 0 Å². The highest BCUT2D eigenvalue weighted by Gasteiger charge is 2.33. The van der Waals surface area contributed by atoms with E-state index in [2.05, 4.69) is 9.97 Å². The lowest BCUT2D eigenvalue weighted by atomic mass is 10.3. The molecular weight excluding hydrogens is 292 g/mol. The van der Waals surface area contributed by atoms with Crippen molar-refractivity contribution >= 4 is 33.2 Å². The maximum Gasteiger partial charge on any atom is 0.223 e. The number of aromatic nitrogens is 2. The van der Waals surface area contributed by atoms with E-state index in [9.17, 15) is 8.42 Å². The summed E-state index contributed by atoms with van der Waals surface area (Å²) >= 11 is 7.44. The van der Waals surface area contributed by atoms with Crippen LogP contribution >= 0.6 is 23.4 Å². The van der Waals surface area contributed by atoms with Crippen LogP contribution in [0.2, 0.25) is 5.28 Å². The first-order chi connectivity index (χ1) is 8.56. The number of hydrogen-bond acceptors (Lipinski definition) is 5. The first-order valence-corrected chi connectivity index (χ1v) is 8.93. The van der Waals surface area contributed by atoms with Crippen LogP contribution in [0.5, 0.6) is 0 Å². The first kappa shape index (κ1) is 12.7. The molecular formula is C11H13ClN2O2S2. The average Bonchev–Trinajstić information content (AvgIpc) is 2.87. The third kappa shape index (κ3) is 2.26. The summed E-state index contributed by atoms with van der Waals surface area (Å²) in [6.07, 6.45) is 5.14. The highest BCUT2D eigenvalue weighted by atomic mass is 35.5. The molecule has 7 heteroatoms. The van der Waals surface area contributed by atoms with Crippen molar-refractivity contribution in [3.05, 3.63) is 11.0 Å². The zero-order valence-corrected chi connectivity index (χ0v) is 12.1. The molecule has 18 heavy (non-hydrogen) atoms. The molecule has 3 rings (SSSR count). The van der Waals surface area contributed by atoms with Crippen molar-refractivity contribution in [1.82, 2.24) is 9.97 Å². The molecule has 0 spiro atoms. The van der Waals surface area contributed by atoms with Crippen molar-refractivity contribution < 1.29 is 8.42 Å². The molecule has 4 nitrogen and oxygen atoms in total. The van der Waals surface area contributed by atoms with Crippen LogP contribution in [-0.2, 0) is 16.3 Å². The molecule has 0 aromatic carbocycles. The van der Waals surface area contributed by atoms with Crippen molar-refractivity contribution in [3.63, 3.8) is 0 Å². The molecule has 0 radical (unpaired) electrons. The summed E-state index contributed by atoms with van der Waals surface area (Å²) < 4.78 is 24.0. The van der Waals surface area contributed by atoms with Gasteiger partial charge >= 0.3 is 0 Å². The molecule has 0 unspecified atom stereocenters. The average molecular weight is 305 g/mol. The van der Waals surface area contributed by atoms with Gasteiger partial charge < -0.3 is 0 Å². The molecule has 1 aromatic rings. The standard InChI is InChI=1S/C11H13ClN2O2S2/c12-11-13-8-5-6-18(15,16)9(8)10(14-11)17-7-3-1-2-4-7/h7H,1-6H2. The zero-order valence-electron chi connectivity index (χ0n) is 9.73. The van der Waals surface area contributed by atoms with Gasteiger partial charge in [0, 0.05) is 11.7 Å². The van der Waals surface area contributed by atoms with Crippen molar-refractivity contribution in [2.45, 2.75) is 47.3 Å². The minimum Gasteiger partial charge on any atom is -0.224 e. The fraction of sp³-hybridized carbons (Fsp3) is 0.636. The van der Waals surface area contributed by atoms with Gasteiger partial charge in [-0.25, -0.2) is 18.4 Å². The Kier molecular flexibility index (Phi) is 3.28. The van der Waals surface area contributed by atoms with Gasteiger partial charge in [-0.2, -0.15) is 0 Å². The minimum atomic E-state index is -3.20. The lowest BCUT2D eigenvalue weighted by Crippen LogP contribution is -2.05. The second-order valence-corrected chi connectivity index (χ2v) is 8.34. The SMILES string of the molecule is O=S1(=O)CCc2nc(Cl)nc(SC3CCCC3)c21. The first-order valence-electron chi connectivity index (χ1n) is 6.02. The van der Waals surface area contributed by atoms with Crippen LogP contribution in [-0.4, -0.2) is 29.4 Å². The molecule has 1 aliphatic carbocycles. The second-order valence-electron chi connectivity index (χ2n) is 4.67. The molecule has 0 amide bonds. The van der Waals surface area contributed by atoms with Crippen LogP contribution in [0.4, 0.5) is 0 Å². The van der Waals surface area contributed by atoms with E-state index in [1.54, 1.807) is 11.8 Å². The van der Waals surface area contributed by atoms with Gasteiger partial charge in [-0.3, -0.25) is 0 Å². The number of rotatable bonds is 2. The summed E-state index contributed by atoms with van der Waals surface area (Å²) in [6, 6.07) is 0. The molecule has 0 bridgehead atoms. The Labute approximate surface area is 115 Å². The van der Waals surface area contributed by atoms with Crippen molar-refractivity contribution in [2.75, 3.05) is 5.75 Å². The van der Waals surface area contributed by atoms with Gasteiger partial charge in [0.25, 0.3) is 0 Å². The quantitative estimate of drug-likeness (QED) is 0.620. The topological polar surface area (TPSA) is 59.9 Å². The van der Waals surface area contributed by atoms with Gasteiger partial charge in [-0.15, -0.1) is 11.8 Å². The maximum atomic E-state index is 12.0. The highest BCUT2D eigenvalue weighted by Crippen LogP contribution is 2.40. The van der Waals surface area contributed by atoms with Crippen LogP contribution in [0.3, 0.4) is 0 Å². The molecule has 2 heterocycles. The van der Waals surface area contributed by atoms with Gasteiger partial charge in [0.1, 0.15) is 9.92 Å². The van der Waals surface area contributed by atoms with E-state index < -0.39 is 9.84 Å². The summed E-state index contributed by atoms with van der Waals surface area (Å²) in [5.41, 5.74) is 0.593. The van der Waals surface area contributed by atoms with Crippen LogP contribution in [0.1, 0.15) is 31.4 Å². The van der Waals surface area contributed by atoms with Gasteiger partial charge in [0.05, 0.1) is 11.4 Å². The molecule has 0 atom stereocenters. The normalized spacial score (nSPS) is 22.3. The second kappa shape index (κ2) is 4.65. The van der Waals surface area contributed by atoms with Crippen molar-refractivity contribution in [1.29, 1.82) is 0 Å². The lowest BCUT2D eigenvalue weighted by Gasteiger charge is -2.11. The fourth-order valence-electron chi connectivity index (χ4n) is 2.50. The van der Waals surface area contributed by atoms with Gasteiger partial charge in [0.2, 0.25) is 5.28 Å². The van der Waals surface area contributed by atoms with Gasteiger partial charge in [-0.1, -0.05) is 12.8 Å². The molecule has 1 saturated carbocycles. The Morgan fingerprint density at radius 3 is 2.67 bits per heavy atom. The minimum absolute atomic E-state index is 0.135. The lowest BCUT2D eigenvalue weighted by molar-refractivity contribution is 0.597. The molecule has 2 aliphatic rings. The number of nitrogens with zero attached hydrogens (tertiary/aromatic N) is 2. The Morgan fingerprint density at radius 1 is 1.22 bits per heavy atom. The van der Waals surface area contributed by atoms with Crippen molar-refractivity contribution in [2.24, 2.45) is 0 Å². The van der Waals surface area contributed by atoms with Gasteiger partial charge in [-0.05, 0) is 24.4 Å². The number of halogens is 1. The summed E-state index contributed by atoms with van der Waals surface area (Å²) in [5, 5.41) is 1.19. The largest absolute Gasteiger partial charge is 0.224 e. The van der Waals surface area contributed by atoms with E-state index in [1.165, 1.54) is 12.8 Å². The Hall–Kier alpha value is -0.330. The Balaban J connectivity index is 2.03. The van der Waals surface area contributed by atoms with E-state index in [4.69, 9.17) is 11.6 Å². The maximum absolute atomic E-state index is 12.0. The molecule has 1 fully saturated rings. The fourth-order valence-corrected chi connectivity index (χ4v) is 6.00. The van der Waals surface area contributed by atoms with E-state index in [-0.39, 0.29) is 11.0 Å². The highest BCUT2D eigenvalue weighted by molar-refractivity contribution is 8.00.